The molecule has 0 spiro atoms. The minimum Gasteiger partial charge on any atom is -0.406 e. The quantitative estimate of drug-likeness (QED) is 0.692. The Bertz CT molecular complexity index is 946. The van der Waals surface area contributed by atoms with Crippen LogP contribution in [-0.2, 0) is 12.6 Å². The summed E-state index contributed by atoms with van der Waals surface area (Å²) >= 11 is 5.79. The zero-order chi connectivity index (χ0) is 20.1. The lowest BCUT2D eigenvalue weighted by atomic mass is 10.1. The summed E-state index contributed by atoms with van der Waals surface area (Å²) in [6, 6.07) is 8.41. The molecule has 0 atom stereocenters. The van der Waals surface area contributed by atoms with Gasteiger partial charge in [0.2, 0.25) is 0 Å². The van der Waals surface area contributed by atoms with E-state index in [1.807, 2.05) is 0 Å². The van der Waals surface area contributed by atoms with Crippen molar-refractivity contribution in [3.05, 3.63) is 65.2 Å². The highest BCUT2D eigenvalue weighted by molar-refractivity contribution is 6.30. The van der Waals surface area contributed by atoms with Crippen molar-refractivity contribution in [1.82, 2.24) is 25.1 Å². The molecule has 28 heavy (non-hydrogen) atoms. The van der Waals surface area contributed by atoms with Gasteiger partial charge in [0.1, 0.15) is 0 Å². The molecule has 1 N–H and O–H groups in total. The van der Waals surface area contributed by atoms with Crippen molar-refractivity contribution in [2.75, 3.05) is 6.54 Å². The van der Waals surface area contributed by atoms with Gasteiger partial charge in [0, 0.05) is 24.0 Å². The average molecular weight is 412 g/mol. The summed E-state index contributed by atoms with van der Waals surface area (Å²) < 4.78 is 45.6. The number of aromatic nitrogens is 4. The van der Waals surface area contributed by atoms with Gasteiger partial charge in [-0.2, -0.15) is 23.0 Å². The summed E-state index contributed by atoms with van der Waals surface area (Å²) in [5.74, 6) is -1.04. The summed E-state index contributed by atoms with van der Waals surface area (Å²) in [5.41, 5.74) is -0.388. The molecule has 3 aromatic rings. The molecule has 0 unspecified atom stereocenters. The third-order valence-electron chi connectivity index (χ3n) is 3.54. The molecule has 1 amide bonds. The SMILES string of the molecule is O=C(NCCc1ccc(Cl)cc1)Oc1cnn(-c2ncccn2)c1C(F)(F)F. The molecule has 0 aliphatic rings. The molecule has 0 aliphatic heterocycles. The largest absolute Gasteiger partial charge is 0.437 e. The second-order valence-corrected chi connectivity index (χ2v) is 5.94. The average Bonchev–Trinajstić information content (AvgIpc) is 3.08. The van der Waals surface area contributed by atoms with Crippen LogP contribution in [0, 0.1) is 0 Å². The van der Waals surface area contributed by atoms with Gasteiger partial charge in [-0.25, -0.2) is 14.8 Å². The molecule has 146 valence electrons. The molecule has 0 saturated heterocycles. The van der Waals surface area contributed by atoms with Crippen LogP contribution in [-0.4, -0.2) is 32.4 Å². The van der Waals surface area contributed by atoms with Crippen molar-refractivity contribution >= 4 is 17.7 Å². The normalized spacial score (nSPS) is 11.3. The number of rotatable bonds is 5. The van der Waals surface area contributed by atoms with Crippen LogP contribution < -0.4 is 10.1 Å². The third-order valence-corrected chi connectivity index (χ3v) is 3.80. The molecule has 2 aromatic heterocycles. The molecular weight excluding hydrogens is 399 g/mol. The zero-order valence-corrected chi connectivity index (χ0v) is 14.9. The van der Waals surface area contributed by atoms with E-state index in [1.165, 1.54) is 18.5 Å². The van der Waals surface area contributed by atoms with Crippen molar-refractivity contribution < 1.29 is 22.7 Å². The Morgan fingerprint density at radius 2 is 1.86 bits per heavy atom. The number of alkyl halides is 3. The molecule has 0 saturated carbocycles. The van der Waals surface area contributed by atoms with E-state index in [4.69, 9.17) is 16.3 Å². The van der Waals surface area contributed by atoms with Crippen molar-refractivity contribution in [3.63, 3.8) is 0 Å². The molecule has 7 nitrogen and oxygen atoms in total. The molecular formula is C17H13ClF3N5O2. The smallest absolute Gasteiger partial charge is 0.406 e. The monoisotopic (exact) mass is 411 g/mol. The predicted molar refractivity (Wildman–Crippen MR) is 93.3 cm³/mol. The van der Waals surface area contributed by atoms with Crippen molar-refractivity contribution in [2.45, 2.75) is 12.6 Å². The molecule has 1 aromatic carbocycles. The van der Waals surface area contributed by atoms with Crippen LogP contribution in [0.25, 0.3) is 5.95 Å². The van der Waals surface area contributed by atoms with E-state index >= 15 is 0 Å². The van der Waals surface area contributed by atoms with Gasteiger partial charge in [-0.15, -0.1) is 0 Å². The number of ether oxygens (including phenoxy) is 1. The third kappa shape index (κ3) is 4.77. The fourth-order valence-electron chi connectivity index (χ4n) is 2.32. The van der Waals surface area contributed by atoms with E-state index < -0.39 is 23.7 Å². The molecule has 3 rings (SSSR count). The number of carbonyl (C=O) groups excluding carboxylic acids is 1. The lowest BCUT2D eigenvalue weighted by Gasteiger charge is -2.11. The van der Waals surface area contributed by atoms with E-state index in [-0.39, 0.29) is 12.5 Å². The first-order valence-corrected chi connectivity index (χ1v) is 8.35. The minimum absolute atomic E-state index is 0.164. The molecule has 0 fully saturated rings. The van der Waals surface area contributed by atoms with Crippen molar-refractivity contribution in [2.24, 2.45) is 0 Å². The van der Waals surface area contributed by atoms with Gasteiger partial charge in [-0.3, -0.25) is 0 Å². The fourth-order valence-corrected chi connectivity index (χ4v) is 2.44. The highest BCUT2D eigenvalue weighted by Crippen LogP contribution is 2.37. The van der Waals surface area contributed by atoms with Gasteiger partial charge in [-0.1, -0.05) is 23.7 Å². The number of halogens is 4. The second kappa shape index (κ2) is 8.26. The van der Waals surface area contributed by atoms with Crippen LogP contribution in [0.3, 0.4) is 0 Å². The van der Waals surface area contributed by atoms with Gasteiger partial charge in [0.25, 0.3) is 5.95 Å². The van der Waals surface area contributed by atoms with E-state index in [2.05, 4.69) is 20.4 Å². The van der Waals surface area contributed by atoms with Crippen LogP contribution in [0.15, 0.2) is 48.9 Å². The summed E-state index contributed by atoms with van der Waals surface area (Å²) in [5, 5.41) is 6.57. The van der Waals surface area contributed by atoms with E-state index in [0.717, 1.165) is 11.8 Å². The van der Waals surface area contributed by atoms with Gasteiger partial charge in [0.15, 0.2) is 11.4 Å². The first-order valence-electron chi connectivity index (χ1n) is 7.97. The van der Waals surface area contributed by atoms with Gasteiger partial charge < -0.3 is 10.1 Å². The highest BCUT2D eigenvalue weighted by atomic mass is 35.5. The first-order chi connectivity index (χ1) is 13.3. The van der Waals surface area contributed by atoms with Gasteiger partial charge in [-0.05, 0) is 30.2 Å². The van der Waals surface area contributed by atoms with Crippen molar-refractivity contribution in [1.29, 1.82) is 0 Å². The number of hydrogen-bond acceptors (Lipinski definition) is 5. The Morgan fingerprint density at radius 3 is 2.50 bits per heavy atom. The Labute approximate surface area is 162 Å². The Hall–Kier alpha value is -3.14. The lowest BCUT2D eigenvalue weighted by molar-refractivity contribution is -0.143. The van der Waals surface area contributed by atoms with E-state index in [0.29, 0.717) is 16.1 Å². The summed E-state index contributed by atoms with van der Waals surface area (Å²) in [6.07, 6.45) is -2.09. The van der Waals surface area contributed by atoms with Crippen LogP contribution in [0.4, 0.5) is 18.0 Å². The maximum atomic E-state index is 13.4. The van der Waals surface area contributed by atoms with Crippen LogP contribution in [0.2, 0.25) is 5.02 Å². The highest BCUT2D eigenvalue weighted by Gasteiger charge is 2.41. The molecule has 0 radical (unpaired) electrons. The maximum Gasteiger partial charge on any atom is 0.437 e. The maximum absolute atomic E-state index is 13.4. The lowest BCUT2D eigenvalue weighted by Crippen LogP contribution is -2.29. The summed E-state index contributed by atoms with van der Waals surface area (Å²) in [6.45, 7) is 0.164. The fraction of sp³-hybridized carbons (Fsp3) is 0.176. The predicted octanol–water partition coefficient (Wildman–Crippen LogP) is 3.67. The van der Waals surface area contributed by atoms with Crippen LogP contribution in [0.5, 0.6) is 5.75 Å². The number of benzene rings is 1. The van der Waals surface area contributed by atoms with E-state index in [1.54, 1.807) is 24.3 Å². The molecule has 2 heterocycles. The topological polar surface area (TPSA) is 81.9 Å². The van der Waals surface area contributed by atoms with Crippen molar-refractivity contribution in [3.8, 4) is 11.7 Å². The van der Waals surface area contributed by atoms with E-state index in [9.17, 15) is 18.0 Å². The number of nitrogens with zero attached hydrogens (tertiary/aromatic N) is 4. The Balaban J connectivity index is 1.68. The first kappa shape index (κ1) is 19.6. The summed E-state index contributed by atoms with van der Waals surface area (Å²) in [4.78, 5) is 19.3. The molecule has 0 aliphatic carbocycles. The number of carbonyl (C=O) groups is 1. The number of amides is 1. The standard InChI is InChI=1S/C17H13ClF3N5O2/c18-12-4-2-11(3-5-12)6-9-24-16(27)28-13-10-25-26(14(13)17(19,20)21)15-22-7-1-8-23-15/h1-5,7-8,10H,6,9H2,(H,24,27). The number of nitrogens with one attached hydrogen (secondary N) is 1. The van der Waals surface area contributed by atoms with Gasteiger partial charge >= 0.3 is 12.3 Å². The Kier molecular flexibility index (Phi) is 5.78. The van der Waals surface area contributed by atoms with Crippen LogP contribution >= 0.6 is 11.6 Å². The van der Waals surface area contributed by atoms with Gasteiger partial charge in [0.05, 0.1) is 6.20 Å². The Morgan fingerprint density at radius 1 is 1.18 bits per heavy atom. The second-order valence-electron chi connectivity index (χ2n) is 5.51. The summed E-state index contributed by atoms with van der Waals surface area (Å²) in [7, 11) is 0. The molecule has 11 heteroatoms. The zero-order valence-electron chi connectivity index (χ0n) is 14.2. The van der Waals surface area contributed by atoms with Crippen LogP contribution in [0.1, 0.15) is 11.3 Å². The molecule has 0 bridgehead atoms. The number of hydrogen-bond donors (Lipinski definition) is 1. The minimum atomic E-state index is -4.84.